The number of anilines is 1. The van der Waals surface area contributed by atoms with Gasteiger partial charge >= 0.3 is 0 Å². The molecule has 0 bridgehead atoms. The van der Waals surface area contributed by atoms with Crippen molar-refractivity contribution in [1.82, 2.24) is 20.2 Å². The van der Waals surface area contributed by atoms with E-state index in [1.165, 1.54) is 18.9 Å². The van der Waals surface area contributed by atoms with Gasteiger partial charge in [-0.05, 0) is 47.4 Å². The van der Waals surface area contributed by atoms with E-state index in [0.29, 0.717) is 30.2 Å². The summed E-state index contributed by atoms with van der Waals surface area (Å²) in [5.41, 5.74) is 6.25. The minimum atomic E-state index is -0.431. The van der Waals surface area contributed by atoms with Gasteiger partial charge in [0.1, 0.15) is 5.82 Å². The van der Waals surface area contributed by atoms with E-state index < -0.39 is 5.82 Å². The molecule has 2 aromatic rings. The Labute approximate surface area is 115 Å². The highest BCUT2D eigenvalue weighted by Gasteiger charge is 2.21. The molecule has 6 nitrogen and oxygen atoms in total. The predicted molar refractivity (Wildman–Crippen MR) is 71.2 cm³/mol. The van der Waals surface area contributed by atoms with Crippen molar-refractivity contribution < 1.29 is 9.13 Å². The summed E-state index contributed by atoms with van der Waals surface area (Å²) in [6, 6.07) is 4.47. The molecule has 3 rings (SSSR count). The Morgan fingerprint density at radius 1 is 1.40 bits per heavy atom. The van der Waals surface area contributed by atoms with Crippen molar-refractivity contribution in [3.8, 4) is 11.4 Å². The second-order valence-corrected chi connectivity index (χ2v) is 4.98. The predicted octanol–water partition coefficient (Wildman–Crippen LogP) is 1.49. The lowest BCUT2D eigenvalue weighted by molar-refractivity contribution is 0.114. The average molecular weight is 277 g/mol. The molecule has 2 N–H and O–H groups in total. The molecule has 0 unspecified atom stereocenters. The minimum absolute atomic E-state index is 0.339. The molecule has 1 aliphatic carbocycles. The minimum Gasteiger partial charge on any atom is -0.399 e. The highest BCUT2D eigenvalue weighted by Crippen LogP contribution is 2.28. The van der Waals surface area contributed by atoms with Crippen molar-refractivity contribution in [2.75, 3.05) is 18.9 Å². The summed E-state index contributed by atoms with van der Waals surface area (Å²) in [4.78, 5) is 0. The lowest BCUT2D eigenvalue weighted by atomic mass is 10.2. The van der Waals surface area contributed by atoms with E-state index in [1.807, 2.05) is 0 Å². The molecule has 0 aliphatic heterocycles. The van der Waals surface area contributed by atoms with E-state index in [9.17, 15) is 4.39 Å². The fourth-order valence-corrected chi connectivity index (χ4v) is 1.95. The first-order valence-electron chi connectivity index (χ1n) is 6.63. The molecule has 1 fully saturated rings. The normalized spacial score (nSPS) is 14.7. The Morgan fingerprint density at radius 2 is 2.25 bits per heavy atom. The standard InChI is InChI=1S/C13H16FN5O/c14-12-7-10(15)3-4-11(12)13-16-17-18-19(13)5-6-20-8-9-1-2-9/h3-4,7,9H,1-2,5-6,8,15H2. The largest absolute Gasteiger partial charge is 0.399 e. The monoisotopic (exact) mass is 277 g/mol. The van der Waals surface area contributed by atoms with Crippen LogP contribution in [0.4, 0.5) is 10.1 Å². The van der Waals surface area contributed by atoms with Crippen molar-refractivity contribution in [2.45, 2.75) is 19.4 Å². The average Bonchev–Trinajstić information content (AvgIpc) is 3.13. The molecule has 1 aromatic heterocycles. The third-order valence-electron chi connectivity index (χ3n) is 3.26. The number of benzene rings is 1. The fourth-order valence-electron chi connectivity index (χ4n) is 1.95. The van der Waals surface area contributed by atoms with Crippen molar-refractivity contribution in [3.63, 3.8) is 0 Å². The molecule has 1 heterocycles. The van der Waals surface area contributed by atoms with Gasteiger partial charge in [0.05, 0.1) is 18.7 Å². The van der Waals surface area contributed by atoms with Gasteiger partial charge in [-0.1, -0.05) is 0 Å². The Morgan fingerprint density at radius 3 is 3.00 bits per heavy atom. The quantitative estimate of drug-likeness (QED) is 0.639. The summed E-state index contributed by atoms with van der Waals surface area (Å²) in [5.74, 6) is 0.676. The van der Waals surface area contributed by atoms with Gasteiger partial charge in [-0.2, -0.15) is 0 Å². The van der Waals surface area contributed by atoms with E-state index in [2.05, 4.69) is 15.5 Å². The summed E-state index contributed by atoms with van der Waals surface area (Å²) in [6.07, 6.45) is 2.51. The molecule has 0 amide bonds. The third kappa shape index (κ3) is 2.93. The van der Waals surface area contributed by atoms with Gasteiger partial charge in [-0.3, -0.25) is 0 Å². The molecule has 106 valence electrons. The molecule has 1 saturated carbocycles. The van der Waals surface area contributed by atoms with Crippen LogP contribution in [0.3, 0.4) is 0 Å². The maximum Gasteiger partial charge on any atom is 0.185 e. The van der Waals surface area contributed by atoms with Crippen LogP contribution in [-0.2, 0) is 11.3 Å². The highest BCUT2D eigenvalue weighted by molar-refractivity contribution is 5.59. The van der Waals surface area contributed by atoms with Crippen LogP contribution < -0.4 is 5.73 Å². The molecule has 0 saturated heterocycles. The molecular formula is C13H16FN5O. The third-order valence-corrected chi connectivity index (χ3v) is 3.26. The first-order chi connectivity index (χ1) is 9.74. The summed E-state index contributed by atoms with van der Waals surface area (Å²) in [7, 11) is 0. The second-order valence-electron chi connectivity index (χ2n) is 4.98. The van der Waals surface area contributed by atoms with Crippen LogP contribution in [0, 0.1) is 11.7 Å². The molecule has 1 aromatic carbocycles. The van der Waals surface area contributed by atoms with Crippen LogP contribution in [0.15, 0.2) is 18.2 Å². The molecule has 7 heteroatoms. The smallest absolute Gasteiger partial charge is 0.185 e. The molecule has 20 heavy (non-hydrogen) atoms. The van der Waals surface area contributed by atoms with Gasteiger partial charge in [0.25, 0.3) is 0 Å². The van der Waals surface area contributed by atoms with Gasteiger partial charge < -0.3 is 10.5 Å². The molecule has 0 spiro atoms. The number of aromatic nitrogens is 4. The first kappa shape index (κ1) is 13.0. The van der Waals surface area contributed by atoms with Crippen LogP contribution in [0.5, 0.6) is 0 Å². The maximum atomic E-state index is 13.9. The first-order valence-corrected chi connectivity index (χ1v) is 6.63. The van der Waals surface area contributed by atoms with Crippen LogP contribution in [0.2, 0.25) is 0 Å². The summed E-state index contributed by atoms with van der Waals surface area (Å²) in [5, 5.41) is 11.3. The maximum absolute atomic E-state index is 13.9. The van der Waals surface area contributed by atoms with Gasteiger partial charge in [0, 0.05) is 12.3 Å². The van der Waals surface area contributed by atoms with Crippen molar-refractivity contribution in [2.24, 2.45) is 5.92 Å². The van der Waals surface area contributed by atoms with Crippen LogP contribution in [0.1, 0.15) is 12.8 Å². The number of tetrazole rings is 1. The van der Waals surface area contributed by atoms with Gasteiger partial charge in [0.2, 0.25) is 0 Å². The topological polar surface area (TPSA) is 78.9 Å². The zero-order chi connectivity index (χ0) is 13.9. The summed E-state index contributed by atoms with van der Waals surface area (Å²) >= 11 is 0. The zero-order valence-electron chi connectivity index (χ0n) is 11.0. The van der Waals surface area contributed by atoms with E-state index in [-0.39, 0.29) is 0 Å². The van der Waals surface area contributed by atoms with E-state index in [1.54, 1.807) is 16.8 Å². The molecule has 0 atom stereocenters. The number of rotatable bonds is 6. The highest BCUT2D eigenvalue weighted by atomic mass is 19.1. The number of nitrogens with two attached hydrogens (primary N) is 1. The Bertz CT molecular complexity index is 596. The molecule has 0 radical (unpaired) electrons. The van der Waals surface area contributed by atoms with Crippen molar-refractivity contribution >= 4 is 5.69 Å². The lowest BCUT2D eigenvalue weighted by Gasteiger charge is -2.06. The van der Waals surface area contributed by atoms with Crippen molar-refractivity contribution in [3.05, 3.63) is 24.0 Å². The Hall–Kier alpha value is -2.02. The number of nitrogen functional groups attached to an aromatic ring is 1. The SMILES string of the molecule is Nc1ccc(-c2nnnn2CCOCC2CC2)c(F)c1. The second kappa shape index (κ2) is 5.54. The zero-order valence-corrected chi connectivity index (χ0v) is 11.0. The number of halogens is 1. The van der Waals surface area contributed by atoms with Gasteiger partial charge in [0.15, 0.2) is 5.82 Å². The number of hydrogen-bond donors (Lipinski definition) is 1. The summed E-state index contributed by atoms with van der Waals surface area (Å²) < 4.78 is 21.0. The number of ether oxygens (including phenoxy) is 1. The van der Waals surface area contributed by atoms with Gasteiger partial charge in [-0.25, -0.2) is 9.07 Å². The number of nitrogens with zero attached hydrogens (tertiary/aromatic N) is 4. The van der Waals surface area contributed by atoms with Crippen LogP contribution >= 0.6 is 0 Å². The molecular weight excluding hydrogens is 261 g/mol. The summed E-state index contributed by atoms with van der Waals surface area (Å²) in [6.45, 7) is 1.80. The lowest BCUT2D eigenvalue weighted by Crippen LogP contribution is -2.10. The van der Waals surface area contributed by atoms with Crippen molar-refractivity contribution in [1.29, 1.82) is 0 Å². The van der Waals surface area contributed by atoms with E-state index in [4.69, 9.17) is 10.5 Å². The van der Waals surface area contributed by atoms with Crippen LogP contribution in [-0.4, -0.2) is 33.4 Å². The Balaban J connectivity index is 1.68. The van der Waals surface area contributed by atoms with E-state index in [0.717, 1.165) is 12.5 Å². The fraction of sp³-hybridized carbons (Fsp3) is 0.462. The van der Waals surface area contributed by atoms with Crippen LogP contribution in [0.25, 0.3) is 11.4 Å². The molecule has 1 aliphatic rings. The van der Waals surface area contributed by atoms with E-state index >= 15 is 0 Å². The Kier molecular flexibility index (Phi) is 3.60. The number of hydrogen-bond acceptors (Lipinski definition) is 5. The van der Waals surface area contributed by atoms with Gasteiger partial charge in [-0.15, -0.1) is 5.10 Å².